The number of nitrogens with zero attached hydrogens (tertiary/aromatic N) is 2. The van der Waals surface area contributed by atoms with Gasteiger partial charge in [0.15, 0.2) is 5.96 Å². The predicted octanol–water partition coefficient (Wildman–Crippen LogP) is -2.66. The van der Waals surface area contributed by atoms with Gasteiger partial charge in [0.05, 0.1) is 18.2 Å². The van der Waals surface area contributed by atoms with Gasteiger partial charge in [-0.1, -0.05) is 0 Å². The van der Waals surface area contributed by atoms with Crippen molar-refractivity contribution in [3.05, 3.63) is 0 Å². The van der Waals surface area contributed by atoms with Crippen LogP contribution in [0.15, 0.2) is 4.99 Å². The van der Waals surface area contributed by atoms with Crippen LogP contribution in [0, 0.1) is 5.92 Å². The molecule has 1 saturated heterocycles. The molecule has 3 amide bonds. The molecule has 0 aliphatic carbocycles. The van der Waals surface area contributed by atoms with Gasteiger partial charge in [-0.2, -0.15) is 0 Å². The standard InChI is InChI=1S/C22H41N7O7/c1-12(25-3)19(32)28-18(13(2)30)20(33)29-9-7-16(36-4)14(11-29)10-17(31)27-15(21(34)35)6-5-8-26-22(23)24/h12-16,18,25,30H,5-11H2,1-4H3,(H,27,31)(H,28,32)(H,34,35)(H4,23,24,26)/t12-,13+,14-,15+,16+,18+/m1/s1. The first kappa shape index (κ1) is 31.1. The second kappa shape index (κ2) is 15.2. The van der Waals surface area contributed by atoms with E-state index in [1.54, 1.807) is 14.0 Å². The summed E-state index contributed by atoms with van der Waals surface area (Å²) in [4.78, 5) is 55.0. The summed E-state index contributed by atoms with van der Waals surface area (Å²) in [7, 11) is 3.11. The summed E-state index contributed by atoms with van der Waals surface area (Å²) in [5.74, 6) is -3.08. The van der Waals surface area contributed by atoms with Crippen LogP contribution in [0.4, 0.5) is 0 Å². The predicted molar refractivity (Wildman–Crippen MR) is 132 cm³/mol. The first-order valence-corrected chi connectivity index (χ1v) is 12.0. The van der Waals surface area contributed by atoms with E-state index in [0.29, 0.717) is 19.4 Å². The molecule has 1 rings (SSSR count). The average Bonchev–Trinajstić information content (AvgIpc) is 2.82. The van der Waals surface area contributed by atoms with E-state index in [1.807, 2.05) is 0 Å². The largest absolute Gasteiger partial charge is 0.480 e. The highest BCUT2D eigenvalue weighted by Crippen LogP contribution is 2.24. The number of aliphatic imine (C=N–C) groups is 1. The number of guanidine groups is 1. The number of carbonyl (C=O) groups excluding carboxylic acids is 3. The fourth-order valence-electron chi connectivity index (χ4n) is 3.96. The van der Waals surface area contributed by atoms with E-state index in [0.717, 1.165) is 0 Å². The SMILES string of the molecule is CN[C@H](C)C(=O)N[C@H](C(=O)N1CC[C@H](OC)[C@H](CC(=O)N[C@@H](CCCN=C(N)N)C(=O)O)C1)[C@H](C)O. The van der Waals surface area contributed by atoms with Crippen LogP contribution >= 0.6 is 0 Å². The molecule has 1 fully saturated rings. The van der Waals surface area contributed by atoms with Gasteiger partial charge in [0.1, 0.15) is 12.1 Å². The van der Waals surface area contributed by atoms with E-state index in [-0.39, 0.29) is 38.0 Å². The lowest BCUT2D eigenvalue weighted by atomic mass is 9.90. The van der Waals surface area contributed by atoms with Crippen molar-refractivity contribution in [1.82, 2.24) is 20.9 Å². The average molecular weight is 516 g/mol. The van der Waals surface area contributed by atoms with E-state index in [1.165, 1.54) is 18.9 Å². The first-order valence-electron chi connectivity index (χ1n) is 12.0. The van der Waals surface area contributed by atoms with Crippen LogP contribution in [-0.4, -0.2) is 109 Å². The second-order valence-electron chi connectivity index (χ2n) is 8.96. The molecule has 0 aromatic heterocycles. The number of carboxylic acids is 1. The molecule has 206 valence electrons. The molecule has 14 heteroatoms. The quantitative estimate of drug-likeness (QED) is 0.0722. The normalized spacial score (nSPS) is 21.0. The minimum absolute atomic E-state index is 0.0670. The molecule has 0 spiro atoms. The van der Waals surface area contributed by atoms with E-state index in [2.05, 4.69) is 20.9 Å². The highest BCUT2D eigenvalue weighted by molar-refractivity contribution is 5.90. The monoisotopic (exact) mass is 515 g/mol. The van der Waals surface area contributed by atoms with Gasteiger partial charge in [-0.15, -0.1) is 0 Å². The molecule has 0 unspecified atom stereocenters. The van der Waals surface area contributed by atoms with Gasteiger partial charge >= 0.3 is 5.97 Å². The van der Waals surface area contributed by atoms with E-state index in [4.69, 9.17) is 16.2 Å². The molecule has 9 N–H and O–H groups in total. The Labute approximate surface area is 211 Å². The summed E-state index contributed by atoms with van der Waals surface area (Å²) in [5.41, 5.74) is 10.5. The fraction of sp³-hybridized carbons (Fsp3) is 0.773. The van der Waals surface area contributed by atoms with Crippen LogP contribution in [-0.2, 0) is 23.9 Å². The Balaban J connectivity index is 2.83. The highest BCUT2D eigenvalue weighted by atomic mass is 16.5. The number of nitrogens with two attached hydrogens (primary N) is 2. The van der Waals surface area contributed by atoms with E-state index >= 15 is 0 Å². The molecular formula is C22H41N7O7. The number of aliphatic hydroxyl groups is 1. The van der Waals surface area contributed by atoms with E-state index < -0.39 is 53.8 Å². The Hall–Kier alpha value is -2.97. The molecule has 36 heavy (non-hydrogen) atoms. The third-order valence-corrected chi connectivity index (χ3v) is 6.18. The topological polar surface area (TPSA) is 222 Å². The minimum atomic E-state index is -1.18. The second-order valence-corrected chi connectivity index (χ2v) is 8.96. The molecule has 1 aliphatic rings. The zero-order valence-corrected chi connectivity index (χ0v) is 21.4. The summed E-state index contributed by atoms with van der Waals surface area (Å²) in [5, 5.41) is 27.5. The van der Waals surface area contributed by atoms with Gasteiger partial charge in [-0.25, -0.2) is 4.79 Å². The molecule has 6 atom stereocenters. The van der Waals surface area contributed by atoms with E-state index in [9.17, 15) is 29.4 Å². The van der Waals surface area contributed by atoms with Crippen LogP contribution in [0.3, 0.4) is 0 Å². The van der Waals surface area contributed by atoms with Crippen LogP contribution < -0.4 is 27.4 Å². The Kier molecular flexibility index (Phi) is 13.1. The van der Waals surface area contributed by atoms with Crippen molar-refractivity contribution in [2.24, 2.45) is 22.4 Å². The molecule has 0 saturated carbocycles. The number of likely N-dealkylation sites (tertiary alicyclic amines) is 1. The number of hydrogen-bond acceptors (Lipinski definition) is 8. The van der Waals surface area contributed by atoms with Crippen molar-refractivity contribution < 1.29 is 34.1 Å². The number of hydrogen-bond donors (Lipinski definition) is 7. The van der Waals surface area contributed by atoms with Gasteiger partial charge < -0.3 is 47.3 Å². The number of rotatable bonds is 14. The molecule has 14 nitrogen and oxygen atoms in total. The summed E-state index contributed by atoms with van der Waals surface area (Å²) >= 11 is 0. The van der Waals surface area contributed by atoms with Crippen molar-refractivity contribution in [1.29, 1.82) is 0 Å². The molecule has 1 heterocycles. The Morgan fingerprint density at radius 3 is 2.39 bits per heavy atom. The lowest BCUT2D eigenvalue weighted by Crippen LogP contribution is -2.59. The van der Waals surface area contributed by atoms with Crippen molar-refractivity contribution in [2.45, 2.75) is 69.9 Å². The van der Waals surface area contributed by atoms with Crippen LogP contribution in [0.2, 0.25) is 0 Å². The van der Waals surface area contributed by atoms with Crippen LogP contribution in [0.1, 0.15) is 39.5 Å². The number of aliphatic carboxylic acids is 1. The number of piperidine rings is 1. The van der Waals surface area contributed by atoms with Gasteiger partial charge in [0.2, 0.25) is 17.7 Å². The highest BCUT2D eigenvalue weighted by Gasteiger charge is 2.37. The number of carbonyl (C=O) groups is 4. The number of nitrogens with one attached hydrogen (secondary N) is 3. The molecule has 1 aliphatic heterocycles. The van der Waals surface area contributed by atoms with Crippen LogP contribution in [0.5, 0.6) is 0 Å². The molecular weight excluding hydrogens is 474 g/mol. The molecule has 0 radical (unpaired) electrons. The summed E-state index contributed by atoms with van der Waals surface area (Å²) in [6.45, 7) is 3.75. The number of carboxylic acid groups (broad SMARTS) is 1. The first-order chi connectivity index (χ1) is 16.9. The summed E-state index contributed by atoms with van der Waals surface area (Å²) in [6, 6.07) is -2.82. The van der Waals surface area contributed by atoms with Gasteiger partial charge in [-0.3, -0.25) is 19.4 Å². The Bertz CT molecular complexity index is 789. The number of ether oxygens (including phenoxy) is 1. The minimum Gasteiger partial charge on any atom is -0.480 e. The maximum Gasteiger partial charge on any atom is 0.326 e. The van der Waals surface area contributed by atoms with Crippen molar-refractivity contribution >= 4 is 29.7 Å². The zero-order chi connectivity index (χ0) is 27.4. The maximum atomic E-state index is 13.2. The Morgan fingerprint density at radius 1 is 1.19 bits per heavy atom. The summed E-state index contributed by atoms with van der Waals surface area (Å²) < 4.78 is 5.51. The fourth-order valence-corrected chi connectivity index (χ4v) is 3.96. The van der Waals surface area contributed by atoms with Gasteiger partial charge in [-0.05, 0) is 40.2 Å². The maximum absolute atomic E-state index is 13.2. The number of likely N-dealkylation sites (N-methyl/N-ethyl adjacent to an activating group) is 1. The van der Waals surface area contributed by atoms with Gasteiger partial charge in [0.25, 0.3) is 0 Å². The summed E-state index contributed by atoms with van der Waals surface area (Å²) in [6.07, 6.45) is -0.588. The van der Waals surface area contributed by atoms with Crippen LogP contribution in [0.25, 0.3) is 0 Å². The molecule has 0 aromatic rings. The third kappa shape index (κ3) is 9.95. The number of amides is 3. The van der Waals surface area contributed by atoms with Crippen molar-refractivity contribution in [3.8, 4) is 0 Å². The number of methoxy groups -OCH3 is 1. The zero-order valence-electron chi connectivity index (χ0n) is 21.4. The molecule has 0 bridgehead atoms. The Morgan fingerprint density at radius 2 is 1.86 bits per heavy atom. The lowest BCUT2D eigenvalue weighted by Gasteiger charge is -2.39. The van der Waals surface area contributed by atoms with Crippen molar-refractivity contribution in [2.75, 3.05) is 33.8 Å². The molecule has 0 aromatic carbocycles. The lowest BCUT2D eigenvalue weighted by molar-refractivity contribution is -0.145. The smallest absolute Gasteiger partial charge is 0.326 e. The van der Waals surface area contributed by atoms with Crippen molar-refractivity contribution in [3.63, 3.8) is 0 Å². The van der Waals surface area contributed by atoms with Gasteiger partial charge in [0, 0.05) is 39.1 Å². The number of aliphatic hydroxyl groups excluding tert-OH is 1. The third-order valence-electron chi connectivity index (χ3n) is 6.18.